The van der Waals surface area contributed by atoms with E-state index in [-0.39, 0.29) is 44.2 Å². The van der Waals surface area contributed by atoms with Crippen LogP contribution in [-0.4, -0.2) is 90.9 Å². The molecule has 240 valence electrons. The van der Waals surface area contributed by atoms with Gasteiger partial charge in [-0.05, 0) is 42.9 Å². The molecule has 5 rings (SSSR count). The van der Waals surface area contributed by atoms with Gasteiger partial charge in [-0.2, -0.15) is 8.78 Å². The van der Waals surface area contributed by atoms with E-state index in [1.165, 1.54) is 13.2 Å². The number of carbonyl (C=O) groups is 2. The van der Waals surface area contributed by atoms with Crippen LogP contribution in [-0.2, 0) is 29.7 Å². The predicted molar refractivity (Wildman–Crippen MR) is 155 cm³/mol. The molecule has 1 amide bonds. The van der Waals surface area contributed by atoms with Gasteiger partial charge in [0.25, 0.3) is 0 Å². The summed E-state index contributed by atoms with van der Waals surface area (Å²) in [6.45, 7) is 6.14. The number of nitrogens with zero attached hydrogens (tertiary/aromatic N) is 3. The van der Waals surface area contributed by atoms with Gasteiger partial charge in [-0.25, -0.2) is 14.8 Å². The molecule has 6 atom stereocenters. The van der Waals surface area contributed by atoms with Gasteiger partial charge < -0.3 is 29.0 Å². The zero-order valence-electron chi connectivity index (χ0n) is 25.5. The predicted octanol–water partition coefficient (Wildman–Crippen LogP) is 4.34. The minimum atomic E-state index is -3.55. The zero-order chi connectivity index (χ0) is 31.5. The average molecular weight is 619 g/mol. The van der Waals surface area contributed by atoms with Crippen LogP contribution in [0.25, 0.3) is 11.0 Å². The molecule has 1 unspecified atom stereocenters. The van der Waals surface area contributed by atoms with Gasteiger partial charge in [-0.1, -0.05) is 39.0 Å². The number of ether oxygens (including phenoxy) is 5. The van der Waals surface area contributed by atoms with Crippen molar-refractivity contribution in [1.82, 2.24) is 20.2 Å². The molecule has 3 aliphatic rings. The largest absolute Gasteiger partial charge is 0.471 e. The number of alkyl halides is 2. The molecule has 13 heteroatoms. The lowest BCUT2D eigenvalue weighted by Gasteiger charge is -2.32. The highest BCUT2D eigenvalue weighted by Gasteiger charge is 2.42. The number of hydrogen-bond donors (Lipinski definition) is 1. The van der Waals surface area contributed by atoms with Crippen molar-refractivity contribution < 1.29 is 42.1 Å². The third kappa shape index (κ3) is 7.44. The second kappa shape index (κ2) is 13.3. The molecule has 1 N–H and O–H groups in total. The average Bonchev–Trinajstić information content (AvgIpc) is 3.59. The van der Waals surface area contributed by atoms with Gasteiger partial charge in [0.2, 0.25) is 5.88 Å². The van der Waals surface area contributed by atoms with E-state index in [0.717, 1.165) is 6.42 Å². The molecule has 0 radical (unpaired) electrons. The van der Waals surface area contributed by atoms with Crippen molar-refractivity contribution in [3.05, 3.63) is 42.1 Å². The lowest BCUT2D eigenvalue weighted by molar-refractivity contribution is -0.148. The lowest BCUT2D eigenvalue weighted by atomic mass is 9.87. The molecular weight excluding hydrogens is 578 g/mol. The van der Waals surface area contributed by atoms with Gasteiger partial charge in [0, 0.05) is 13.0 Å². The number of aromatic nitrogens is 2. The van der Waals surface area contributed by atoms with Crippen LogP contribution in [0.5, 0.6) is 5.88 Å². The fraction of sp³-hybridized carbons (Fsp3) is 0.613. The van der Waals surface area contributed by atoms with E-state index in [4.69, 9.17) is 23.7 Å². The smallest absolute Gasteiger partial charge is 0.407 e. The van der Waals surface area contributed by atoms with E-state index < -0.39 is 54.1 Å². The van der Waals surface area contributed by atoms with Gasteiger partial charge in [0.1, 0.15) is 18.2 Å². The number of nitrogens with one attached hydrogen (secondary N) is 1. The zero-order valence-corrected chi connectivity index (χ0v) is 25.5. The number of rotatable bonds is 1. The molecule has 3 heterocycles. The first-order valence-electron chi connectivity index (χ1n) is 14.9. The maximum Gasteiger partial charge on any atom is 0.407 e. The number of halogens is 2. The highest BCUT2D eigenvalue weighted by Crippen LogP contribution is 2.37. The summed E-state index contributed by atoms with van der Waals surface area (Å²) in [4.78, 5) is 36.0. The molecule has 1 saturated carbocycles. The van der Waals surface area contributed by atoms with Gasteiger partial charge in [-0.3, -0.25) is 9.69 Å². The maximum atomic E-state index is 15.7. The molecule has 1 aromatic carbocycles. The van der Waals surface area contributed by atoms with Crippen LogP contribution in [0, 0.1) is 5.41 Å². The molecule has 1 aromatic heterocycles. The summed E-state index contributed by atoms with van der Waals surface area (Å²) < 4.78 is 60.1. The molecule has 1 saturated heterocycles. The van der Waals surface area contributed by atoms with E-state index in [2.05, 4.69) is 15.3 Å². The minimum Gasteiger partial charge on any atom is -0.471 e. The summed E-state index contributed by atoms with van der Waals surface area (Å²) in [6, 6.07) is 5.55. The van der Waals surface area contributed by atoms with Crippen LogP contribution in [0.4, 0.5) is 13.6 Å². The highest BCUT2D eigenvalue weighted by molar-refractivity contribution is 5.76. The first-order chi connectivity index (χ1) is 20.9. The van der Waals surface area contributed by atoms with Crippen LogP contribution in [0.3, 0.4) is 0 Å². The number of amides is 1. The number of carbonyl (C=O) groups excluding carboxylic acids is 2. The van der Waals surface area contributed by atoms with E-state index >= 15 is 8.78 Å². The number of esters is 1. The second-order valence-corrected chi connectivity index (χ2v) is 12.5. The van der Waals surface area contributed by atoms with Gasteiger partial charge in [0.15, 0.2) is 5.69 Å². The Morgan fingerprint density at radius 1 is 1.11 bits per heavy atom. The SMILES string of the molecule is COC(=O)[C@@H]1C[C@@H]2CN1COC[C@H](C(C)(C)C)NC(=O)O[C@@H]1CCC[C@H]1OC/C=C/C(F)(F)c1nc3ccccc3nc1O2. The highest BCUT2D eigenvalue weighted by atomic mass is 19.3. The first-order valence-corrected chi connectivity index (χ1v) is 14.9. The van der Waals surface area contributed by atoms with Gasteiger partial charge in [-0.15, -0.1) is 0 Å². The van der Waals surface area contributed by atoms with Crippen molar-refractivity contribution in [3.8, 4) is 5.88 Å². The Morgan fingerprint density at radius 2 is 1.84 bits per heavy atom. The molecule has 11 nitrogen and oxygen atoms in total. The van der Waals surface area contributed by atoms with Crippen molar-refractivity contribution in [2.45, 2.75) is 82.8 Å². The van der Waals surface area contributed by atoms with Crippen molar-refractivity contribution in [3.63, 3.8) is 0 Å². The van der Waals surface area contributed by atoms with Crippen LogP contribution < -0.4 is 10.1 Å². The van der Waals surface area contributed by atoms with Crippen LogP contribution in [0.2, 0.25) is 0 Å². The van der Waals surface area contributed by atoms with Crippen molar-refractivity contribution in [2.75, 3.05) is 33.6 Å². The number of allylic oxidation sites excluding steroid dienone is 1. The van der Waals surface area contributed by atoms with Crippen molar-refractivity contribution >= 4 is 23.1 Å². The minimum absolute atomic E-state index is 0.0105. The molecule has 2 aliphatic heterocycles. The van der Waals surface area contributed by atoms with Gasteiger partial charge >= 0.3 is 18.0 Å². The Morgan fingerprint density at radius 3 is 2.57 bits per heavy atom. The van der Waals surface area contributed by atoms with E-state index in [0.29, 0.717) is 30.0 Å². The maximum absolute atomic E-state index is 15.7. The number of hydrogen-bond acceptors (Lipinski definition) is 10. The molecule has 44 heavy (non-hydrogen) atoms. The molecule has 2 fully saturated rings. The summed E-state index contributed by atoms with van der Waals surface area (Å²) in [5.74, 6) is -4.37. The summed E-state index contributed by atoms with van der Waals surface area (Å²) in [5, 5.41) is 2.91. The Kier molecular flexibility index (Phi) is 9.66. The number of para-hydroxylation sites is 2. The van der Waals surface area contributed by atoms with E-state index in [1.807, 2.05) is 20.8 Å². The van der Waals surface area contributed by atoms with Crippen LogP contribution in [0.15, 0.2) is 36.4 Å². The quantitative estimate of drug-likeness (QED) is 0.365. The molecule has 1 aliphatic carbocycles. The fourth-order valence-corrected chi connectivity index (χ4v) is 5.69. The number of fused-ring (bicyclic) bond motifs is 5. The van der Waals surface area contributed by atoms with Crippen LogP contribution in [0.1, 0.15) is 52.1 Å². The molecule has 2 bridgehead atoms. The molecule has 2 aromatic rings. The van der Waals surface area contributed by atoms with Crippen molar-refractivity contribution in [1.29, 1.82) is 0 Å². The summed E-state index contributed by atoms with van der Waals surface area (Å²) in [7, 11) is 1.28. The Bertz CT molecular complexity index is 1370. The normalized spacial score (nSPS) is 30.6. The van der Waals surface area contributed by atoms with Gasteiger partial charge in [0.05, 0.1) is 50.2 Å². The monoisotopic (exact) mass is 618 g/mol. The topological polar surface area (TPSA) is 121 Å². The first kappa shape index (κ1) is 32.0. The van der Waals surface area contributed by atoms with Crippen LogP contribution >= 0.6 is 0 Å². The fourth-order valence-electron chi connectivity index (χ4n) is 5.69. The molecular formula is C31H40F2N4O7. The number of methoxy groups -OCH3 is 1. The Hall–Kier alpha value is -3.42. The standard InChI is InChI=1S/C31H40F2N4O7/c1-30(2,3)25-17-41-18-37-16-19(15-22(37)28(38)40-4)43-27-26(34-20-9-5-6-10-21(20)35-27)31(32,33)13-8-14-42-23-11-7-12-24(23)44-29(39)36-25/h5-6,8-10,13,19,22-25H,7,11-12,14-18H2,1-4H3,(H,36,39)/b13-8+/t19-,22+,23-,24-,25-/m1/s1. The lowest BCUT2D eigenvalue weighted by Crippen LogP contribution is -2.49. The second-order valence-electron chi connectivity index (χ2n) is 12.5. The van der Waals surface area contributed by atoms with Crippen molar-refractivity contribution in [2.24, 2.45) is 5.41 Å². The van der Waals surface area contributed by atoms with E-state index in [1.54, 1.807) is 29.2 Å². The summed E-state index contributed by atoms with van der Waals surface area (Å²) in [5.41, 5.74) is -0.326. The van der Waals surface area contributed by atoms with E-state index in [9.17, 15) is 9.59 Å². The third-order valence-corrected chi connectivity index (χ3v) is 8.23. The Labute approximate surface area is 255 Å². The number of alkyl carbamates (subject to hydrolysis) is 1. The number of benzene rings is 1. The summed E-state index contributed by atoms with van der Waals surface area (Å²) in [6.07, 6.45) is 1.91. The summed E-state index contributed by atoms with van der Waals surface area (Å²) >= 11 is 0. The third-order valence-electron chi connectivity index (χ3n) is 8.23. The molecule has 0 spiro atoms. The Balaban J connectivity index is 1.47.